The predicted molar refractivity (Wildman–Crippen MR) is 62.5 cm³/mol. The van der Waals surface area contributed by atoms with Crippen LogP contribution in [0.2, 0.25) is 0 Å². The van der Waals surface area contributed by atoms with Crippen molar-refractivity contribution >= 4 is 11.3 Å². The van der Waals surface area contributed by atoms with Crippen molar-refractivity contribution < 1.29 is 0 Å². The van der Waals surface area contributed by atoms with Crippen molar-refractivity contribution in [3.05, 3.63) is 47.5 Å². The van der Waals surface area contributed by atoms with Gasteiger partial charge in [-0.3, -0.25) is 4.98 Å². The lowest BCUT2D eigenvalue weighted by Crippen LogP contribution is -1.98. The zero-order chi connectivity index (χ0) is 10.8. The molecule has 3 rings (SSSR count). The van der Waals surface area contributed by atoms with Crippen LogP contribution < -0.4 is 0 Å². The Bertz CT molecular complexity index is 571. The lowest BCUT2D eigenvalue weighted by molar-refractivity contribution is 0.806. The maximum atomic E-state index is 4.09. The van der Waals surface area contributed by atoms with Gasteiger partial charge in [-0.05, 0) is 23.6 Å². The maximum Gasteiger partial charge on any atom is 0.0952 e. The van der Waals surface area contributed by atoms with Crippen LogP contribution in [-0.4, -0.2) is 20.0 Å². The molecule has 4 nitrogen and oxygen atoms in total. The molecule has 0 fully saturated rings. The molecule has 0 amide bonds. The van der Waals surface area contributed by atoms with Gasteiger partial charge in [0.1, 0.15) is 0 Å². The smallest absolute Gasteiger partial charge is 0.0952 e. The third-order valence-corrected chi connectivity index (χ3v) is 2.96. The van der Waals surface area contributed by atoms with Gasteiger partial charge in [0.05, 0.1) is 17.6 Å². The summed E-state index contributed by atoms with van der Waals surface area (Å²) in [5, 5.41) is 12.2. The number of pyridine rings is 1. The fraction of sp³-hybridized carbons (Fsp3) is 0. The minimum atomic E-state index is 0.966. The summed E-state index contributed by atoms with van der Waals surface area (Å²) in [7, 11) is 0. The minimum absolute atomic E-state index is 0.966. The van der Waals surface area contributed by atoms with Crippen LogP contribution >= 0.6 is 11.3 Å². The van der Waals surface area contributed by atoms with Gasteiger partial charge >= 0.3 is 0 Å². The van der Waals surface area contributed by atoms with E-state index in [0.29, 0.717) is 0 Å². The molecule has 0 radical (unpaired) electrons. The van der Waals surface area contributed by atoms with Gasteiger partial charge in [-0.25, -0.2) is 4.68 Å². The van der Waals surface area contributed by atoms with Crippen molar-refractivity contribution in [2.75, 3.05) is 0 Å². The Kier molecular flexibility index (Phi) is 2.23. The molecule has 78 valence electrons. The first-order chi connectivity index (χ1) is 7.95. The Balaban J connectivity index is 2.14. The number of aromatic nitrogens is 4. The molecule has 0 saturated carbocycles. The van der Waals surface area contributed by atoms with E-state index in [9.17, 15) is 0 Å². The molecule has 0 aliphatic rings. The molecule has 0 aliphatic carbocycles. The van der Waals surface area contributed by atoms with Crippen LogP contribution in [0.5, 0.6) is 0 Å². The van der Waals surface area contributed by atoms with E-state index in [1.54, 1.807) is 29.9 Å². The van der Waals surface area contributed by atoms with Crippen LogP contribution in [0.25, 0.3) is 16.9 Å². The minimum Gasteiger partial charge on any atom is -0.265 e. The van der Waals surface area contributed by atoms with E-state index in [0.717, 1.165) is 16.9 Å². The van der Waals surface area contributed by atoms with E-state index in [1.165, 1.54) is 0 Å². The zero-order valence-electron chi connectivity index (χ0n) is 8.32. The van der Waals surface area contributed by atoms with E-state index in [2.05, 4.69) is 26.7 Å². The maximum absolute atomic E-state index is 4.09. The Morgan fingerprint density at radius 2 is 2.00 bits per heavy atom. The fourth-order valence-electron chi connectivity index (χ4n) is 1.52. The van der Waals surface area contributed by atoms with Gasteiger partial charge in [0.2, 0.25) is 0 Å². The highest BCUT2D eigenvalue weighted by Crippen LogP contribution is 2.22. The fourth-order valence-corrected chi connectivity index (χ4v) is 2.17. The van der Waals surface area contributed by atoms with Crippen LogP contribution in [0.15, 0.2) is 47.5 Å². The summed E-state index contributed by atoms with van der Waals surface area (Å²) in [6, 6.07) is 5.87. The van der Waals surface area contributed by atoms with E-state index in [1.807, 2.05) is 22.2 Å². The molecule has 0 aliphatic heterocycles. The average molecular weight is 228 g/mol. The Hall–Kier alpha value is -2.01. The summed E-state index contributed by atoms with van der Waals surface area (Å²) in [6.07, 6.45) is 5.26. The normalized spacial score (nSPS) is 10.5. The number of hydrogen-bond acceptors (Lipinski definition) is 4. The van der Waals surface area contributed by atoms with E-state index in [-0.39, 0.29) is 0 Å². The third-order valence-electron chi connectivity index (χ3n) is 2.27. The second-order valence-corrected chi connectivity index (χ2v) is 4.03. The summed E-state index contributed by atoms with van der Waals surface area (Å²) >= 11 is 1.66. The van der Waals surface area contributed by atoms with Crippen molar-refractivity contribution in [2.45, 2.75) is 0 Å². The van der Waals surface area contributed by atoms with Crippen LogP contribution in [-0.2, 0) is 0 Å². The molecule has 5 heteroatoms. The van der Waals surface area contributed by atoms with Gasteiger partial charge < -0.3 is 0 Å². The molecule has 0 unspecified atom stereocenters. The predicted octanol–water partition coefficient (Wildman–Crippen LogP) is 2.39. The Labute approximate surface area is 96.2 Å². The van der Waals surface area contributed by atoms with Gasteiger partial charge in [0.25, 0.3) is 0 Å². The van der Waals surface area contributed by atoms with Crippen molar-refractivity contribution in [3.8, 4) is 16.9 Å². The first-order valence-electron chi connectivity index (χ1n) is 4.79. The van der Waals surface area contributed by atoms with E-state index < -0.39 is 0 Å². The van der Waals surface area contributed by atoms with Gasteiger partial charge in [-0.1, -0.05) is 5.21 Å². The highest BCUT2D eigenvalue weighted by molar-refractivity contribution is 7.08. The Morgan fingerprint density at radius 3 is 2.75 bits per heavy atom. The standard InChI is InChI=1S/C11H8N4S/c1-4-12-5-2-10(1)15-11(7-13-14-15)9-3-6-16-8-9/h1-8H. The molecule has 0 spiro atoms. The van der Waals surface area contributed by atoms with Crippen molar-refractivity contribution in [2.24, 2.45) is 0 Å². The molecule has 0 aromatic carbocycles. The molecule has 0 N–H and O–H groups in total. The lowest BCUT2D eigenvalue weighted by Gasteiger charge is -2.03. The van der Waals surface area contributed by atoms with Gasteiger partial charge in [0.15, 0.2) is 0 Å². The topological polar surface area (TPSA) is 43.6 Å². The van der Waals surface area contributed by atoms with Crippen LogP contribution in [0.4, 0.5) is 0 Å². The van der Waals surface area contributed by atoms with Gasteiger partial charge in [0, 0.05) is 23.3 Å². The molecule has 16 heavy (non-hydrogen) atoms. The largest absolute Gasteiger partial charge is 0.265 e. The van der Waals surface area contributed by atoms with Crippen molar-refractivity contribution in [1.82, 2.24) is 20.0 Å². The summed E-state index contributed by atoms with van der Waals surface area (Å²) in [4.78, 5) is 3.99. The average Bonchev–Trinajstić information content (AvgIpc) is 3.01. The summed E-state index contributed by atoms with van der Waals surface area (Å²) in [5.41, 5.74) is 3.09. The SMILES string of the molecule is c1cc(-n2nncc2-c2ccsc2)ccn1. The Morgan fingerprint density at radius 1 is 1.12 bits per heavy atom. The van der Waals surface area contributed by atoms with Crippen molar-refractivity contribution in [3.63, 3.8) is 0 Å². The van der Waals surface area contributed by atoms with E-state index in [4.69, 9.17) is 0 Å². The number of nitrogens with zero attached hydrogens (tertiary/aromatic N) is 4. The highest BCUT2D eigenvalue weighted by Gasteiger charge is 2.08. The van der Waals surface area contributed by atoms with Gasteiger partial charge in [-0.15, -0.1) is 5.10 Å². The number of rotatable bonds is 2. The van der Waals surface area contributed by atoms with Crippen molar-refractivity contribution in [1.29, 1.82) is 0 Å². The molecule has 0 atom stereocenters. The van der Waals surface area contributed by atoms with E-state index >= 15 is 0 Å². The lowest BCUT2D eigenvalue weighted by atomic mass is 10.2. The van der Waals surface area contributed by atoms with Crippen LogP contribution in [0.1, 0.15) is 0 Å². The third kappa shape index (κ3) is 1.51. The summed E-state index contributed by atoms with van der Waals surface area (Å²) in [5.74, 6) is 0. The molecule has 0 bridgehead atoms. The molecule has 3 aromatic rings. The highest BCUT2D eigenvalue weighted by atomic mass is 32.1. The number of hydrogen-bond donors (Lipinski definition) is 0. The summed E-state index contributed by atoms with van der Waals surface area (Å²) in [6.45, 7) is 0. The number of thiophene rings is 1. The quantitative estimate of drug-likeness (QED) is 0.676. The first-order valence-corrected chi connectivity index (χ1v) is 5.73. The zero-order valence-corrected chi connectivity index (χ0v) is 9.13. The monoisotopic (exact) mass is 228 g/mol. The van der Waals surface area contributed by atoms with Gasteiger partial charge in [-0.2, -0.15) is 11.3 Å². The molecule has 3 aromatic heterocycles. The molecular weight excluding hydrogens is 220 g/mol. The molecular formula is C11H8N4S. The second kappa shape index (κ2) is 3.86. The molecule has 3 heterocycles. The van der Waals surface area contributed by atoms with Crippen LogP contribution in [0, 0.1) is 0 Å². The first kappa shape index (κ1) is 9.23. The summed E-state index contributed by atoms with van der Waals surface area (Å²) < 4.78 is 1.81. The molecule has 0 saturated heterocycles. The van der Waals surface area contributed by atoms with Crippen LogP contribution in [0.3, 0.4) is 0 Å². The second-order valence-electron chi connectivity index (χ2n) is 3.25.